The maximum atomic E-state index is 12.6. The zero-order valence-electron chi connectivity index (χ0n) is 14.5. The number of rotatable bonds is 5. The Kier molecular flexibility index (Phi) is 4.78. The summed E-state index contributed by atoms with van der Waals surface area (Å²) in [5.74, 6) is -0.201. The van der Waals surface area contributed by atoms with Gasteiger partial charge in [0, 0.05) is 54.7 Å². The number of hydrogen-bond acceptors (Lipinski definition) is 5. The summed E-state index contributed by atoms with van der Waals surface area (Å²) in [6, 6.07) is 11.3. The third kappa shape index (κ3) is 3.79. The molecule has 1 amide bonds. The molecule has 4 heterocycles. The first-order valence-electron chi connectivity index (χ1n) is 8.63. The summed E-state index contributed by atoms with van der Waals surface area (Å²) in [6.45, 7) is 0.529. The molecule has 4 aromatic heterocycles. The van der Waals surface area contributed by atoms with Crippen molar-refractivity contribution in [2.75, 3.05) is 6.54 Å². The van der Waals surface area contributed by atoms with Crippen LogP contribution in [-0.2, 0) is 6.42 Å². The van der Waals surface area contributed by atoms with Gasteiger partial charge in [0.05, 0.1) is 5.52 Å². The second kappa shape index (κ2) is 7.70. The highest BCUT2D eigenvalue weighted by Gasteiger charge is 2.13. The van der Waals surface area contributed by atoms with Crippen molar-refractivity contribution in [1.29, 1.82) is 0 Å². The number of fused-ring (bicyclic) bond motifs is 1. The summed E-state index contributed by atoms with van der Waals surface area (Å²) >= 11 is 0. The molecule has 0 radical (unpaired) electrons. The van der Waals surface area contributed by atoms with E-state index in [1.807, 2.05) is 30.3 Å². The molecule has 0 atom stereocenters. The largest absolute Gasteiger partial charge is 0.350 e. The number of hydrogen-bond donors (Lipinski definition) is 1. The van der Waals surface area contributed by atoms with Crippen molar-refractivity contribution in [3.05, 3.63) is 84.8 Å². The maximum Gasteiger partial charge on any atom is 0.269 e. The van der Waals surface area contributed by atoms with Gasteiger partial charge in [0.25, 0.3) is 5.91 Å². The predicted octanol–water partition coefficient (Wildman–Crippen LogP) is 3.06. The van der Waals surface area contributed by atoms with Gasteiger partial charge in [-0.25, -0.2) is 4.98 Å². The molecule has 0 saturated carbocycles. The van der Waals surface area contributed by atoms with Crippen LogP contribution in [0.2, 0.25) is 0 Å². The third-order valence-electron chi connectivity index (χ3n) is 4.26. The molecule has 132 valence electrons. The van der Waals surface area contributed by atoms with Gasteiger partial charge in [-0.05, 0) is 47.9 Å². The Labute approximate surface area is 156 Å². The van der Waals surface area contributed by atoms with Gasteiger partial charge in [0.15, 0.2) is 0 Å². The molecule has 0 aromatic carbocycles. The fourth-order valence-corrected chi connectivity index (χ4v) is 2.91. The Morgan fingerprint density at radius 3 is 2.56 bits per heavy atom. The van der Waals surface area contributed by atoms with Gasteiger partial charge >= 0.3 is 0 Å². The Hall–Kier alpha value is -3.67. The minimum Gasteiger partial charge on any atom is -0.350 e. The number of amides is 1. The Morgan fingerprint density at radius 2 is 1.74 bits per heavy atom. The van der Waals surface area contributed by atoms with Crippen LogP contribution >= 0.6 is 0 Å². The number of nitrogens with zero attached hydrogens (tertiary/aromatic N) is 4. The lowest BCUT2D eigenvalue weighted by Gasteiger charge is -2.10. The molecule has 0 aliphatic carbocycles. The van der Waals surface area contributed by atoms with Crippen LogP contribution in [0.3, 0.4) is 0 Å². The van der Waals surface area contributed by atoms with Crippen LogP contribution in [0.4, 0.5) is 0 Å². The molecule has 0 bridgehead atoms. The molecule has 4 rings (SSSR count). The molecule has 0 aliphatic rings. The van der Waals surface area contributed by atoms with Crippen LogP contribution < -0.4 is 5.32 Å². The number of carbonyl (C=O) groups is 1. The van der Waals surface area contributed by atoms with Gasteiger partial charge in [-0.1, -0.05) is 6.07 Å². The molecule has 6 nitrogen and oxygen atoms in total. The topological polar surface area (TPSA) is 80.7 Å². The van der Waals surface area contributed by atoms with Crippen LogP contribution in [0, 0.1) is 0 Å². The smallest absolute Gasteiger partial charge is 0.269 e. The fraction of sp³-hybridized carbons (Fsp3) is 0.0952. The van der Waals surface area contributed by atoms with E-state index >= 15 is 0 Å². The van der Waals surface area contributed by atoms with Gasteiger partial charge in [-0.15, -0.1) is 0 Å². The van der Waals surface area contributed by atoms with Gasteiger partial charge in [-0.3, -0.25) is 19.7 Å². The first-order chi connectivity index (χ1) is 13.3. The molecule has 0 saturated heterocycles. The average molecular weight is 355 g/mol. The van der Waals surface area contributed by atoms with Crippen molar-refractivity contribution in [3.63, 3.8) is 0 Å². The van der Waals surface area contributed by atoms with Crippen LogP contribution in [0.15, 0.2) is 73.6 Å². The molecule has 0 unspecified atom stereocenters. The minimum absolute atomic E-state index is 0.201. The monoisotopic (exact) mass is 355 g/mol. The SMILES string of the molecule is O=C(NCCc1ccncc1)c1cc(-c2cccnc2)c2cnccc2n1. The Bertz CT molecular complexity index is 1070. The standard InChI is InChI=1S/C21H17N5O/c27-21(25-11-5-15-3-8-22-9-4-15)20-12-17(16-2-1-7-23-13-16)18-14-24-10-6-19(18)26-20/h1-4,6-10,12-14H,5,11H2,(H,25,27). The van der Waals surface area contributed by atoms with Gasteiger partial charge in [0.2, 0.25) is 0 Å². The summed E-state index contributed by atoms with van der Waals surface area (Å²) in [6.07, 6.45) is 11.2. The average Bonchev–Trinajstić information content (AvgIpc) is 2.74. The quantitative estimate of drug-likeness (QED) is 0.595. The number of pyridine rings is 4. The van der Waals surface area contributed by atoms with E-state index in [2.05, 4.69) is 25.3 Å². The molecule has 0 fully saturated rings. The van der Waals surface area contributed by atoms with Crippen molar-refractivity contribution in [2.24, 2.45) is 0 Å². The van der Waals surface area contributed by atoms with Crippen LogP contribution in [0.5, 0.6) is 0 Å². The summed E-state index contributed by atoms with van der Waals surface area (Å²) in [7, 11) is 0. The molecular formula is C21H17N5O. The third-order valence-corrected chi connectivity index (χ3v) is 4.26. The van der Waals surface area contributed by atoms with Crippen LogP contribution in [-0.4, -0.2) is 32.4 Å². The first kappa shape index (κ1) is 16.8. The Morgan fingerprint density at radius 1 is 0.926 bits per heavy atom. The highest BCUT2D eigenvalue weighted by molar-refractivity contribution is 6.00. The number of aromatic nitrogens is 4. The van der Waals surface area contributed by atoms with E-state index in [1.54, 1.807) is 43.2 Å². The summed E-state index contributed by atoms with van der Waals surface area (Å²) in [4.78, 5) is 29.5. The zero-order valence-corrected chi connectivity index (χ0v) is 14.5. The fourth-order valence-electron chi connectivity index (χ4n) is 2.91. The predicted molar refractivity (Wildman–Crippen MR) is 103 cm³/mol. The van der Waals surface area contributed by atoms with Gasteiger partial charge < -0.3 is 5.32 Å². The lowest BCUT2D eigenvalue weighted by Crippen LogP contribution is -2.26. The normalized spacial score (nSPS) is 10.7. The Balaban J connectivity index is 1.61. The summed E-state index contributed by atoms with van der Waals surface area (Å²) in [5, 5.41) is 3.83. The number of carbonyl (C=O) groups excluding carboxylic acids is 1. The number of nitrogens with one attached hydrogen (secondary N) is 1. The molecular weight excluding hydrogens is 338 g/mol. The van der Waals surface area contributed by atoms with Crippen molar-refractivity contribution >= 4 is 16.8 Å². The van der Waals surface area contributed by atoms with Crippen molar-refractivity contribution in [2.45, 2.75) is 6.42 Å². The van der Waals surface area contributed by atoms with Crippen molar-refractivity contribution in [3.8, 4) is 11.1 Å². The van der Waals surface area contributed by atoms with E-state index < -0.39 is 0 Å². The first-order valence-corrected chi connectivity index (χ1v) is 8.63. The highest BCUT2D eigenvalue weighted by Crippen LogP contribution is 2.27. The van der Waals surface area contributed by atoms with E-state index in [4.69, 9.17) is 0 Å². The van der Waals surface area contributed by atoms with E-state index in [9.17, 15) is 4.79 Å². The van der Waals surface area contributed by atoms with E-state index in [0.717, 1.165) is 34.0 Å². The van der Waals surface area contributed by atoms with Gasteiger partial charge in [0.1, 0.15) is 5.69 Å². The van der Waals surface area contributed by atoms with Gasteiger partial charge in [-0.2, -0.15) is 0 Å². The summed E-state index contributed by atoms with van der Waals surface area (Å²) in [5.41, 5.74) is 4.04. The molecule has 6 heteroatoms. The second-order valence-corrected chi connectivity index (χ2v) is 6.05. The van der Waals surface area contributed by atoms with Crippen LogP contribution in [0.25, 0.3) is 22.0 Å². The lowest BCUT2D eigenvalue weighted by atomic mass is 10.0. The van der Waals surface area contributed by atoms with E-state index in [0.29, 0.717) is 12.2 Å². The molecule has 1 N–H and O–H groups in total. The summed E-state index contributed by atoms with van der Waals surface area (Å²) < 4.78 is 0. The maximum absolute atomic E-state index is 12.6. The molecule has 27 heavy (non-hydrogen) atoms. The molecule has 0 aliphatic heterocycles. The molecule has 4 aromatic rings. The van der Waals surface area contributed by atoms with Crippen molar-refractivity contribution in [1.82, 2.24) is 25.3 Å². The lowest BCUT2D eigenvalue weighted by molar-refractivity contribution is 0.0949. The minimum atomic E-state index is -0.201. The zero-order chi connectivity index (χ0) is 18.5. The van der Waals surface area contributed by atoms with Crippen molar-refractivity contribution < 1.29 is 4.79 Å². The van der Waals surface area contributed by atoms with E-state index in [1.165, 1.54) is 0 Å². The van der Waals surface area contributed by atoms with Crippen LogP contribution in [0.1, 0.15) is 16.1 Å². The van der Waals surface area contributed by atoms with E-state index in [-0.39, 0.29) is 5.91 Å². The second-order valence-electron chi connectivity index (χ2n) is 6.05. The highest BCUT2D eigenvalue weighted by atomic mass is 16.1. The molecule has 0 spiro atoms.